The predicted molar refractivity (Wildman–Crippen MR) is 101 cm³/mol. The van der Waals surface area contributed by atoms with Crippen LogP contribution in [-0.4, -0.2) is 22.3 Å². The first kappa shape index (κ1) is 17.2. The first-order valence-corrected chi connectivity index (χ1v) is 8.59. The Morgan fingerprint density at radius 2 is 1.76 bits per heavy atom. The van der Waals surface area contributed by atoms with Crippen molar-refractivity contribution in [2.24, 2.45) is 0 Å². The van der Waals surface area contributed by atoms with Gasteiger partial charge < -0.3 is 4.90 Å². The van der Waals surface area contributed by atoms with E-state index in [9.17, 15) is 4.79 Å². The Hall–Kier alpha value is -2.65. The molecule has 1 aromatic heterocycles. The molecule has 3 aromatic rings. The number of hydrogen-bond donors (Lipinski definition) is 0. The van der Waals surface area contributed by atoms with Gasteiger partial charge in [-0.3, -0.25) is 9.78 Å². The number of rotatable bonds is 6. The third-order valence-corrected chi connectivity index (χ3v) is 4.17. The molecule has 0 bridgehead atoms. The topological polar surface area (TPSA) is 33.2 Å². The minimum Gasteiger partial charge on any atom is -0.334 e. The van der Waals surface area contributed by atoms with Gasteiger partial charge in [0.1, 0.15) is 0 Å². The van der Waals surface area contributed by atoms with Gasteiger partial charge in [-0.05, 0) is 35.9 Å². The molecule has 0 spiro atoms. The molecule has 2 aromatic carbocycles. The lowest BCUT2D eigenvalue weighted by Gasteiger charge is -2.23. The Labute approximate surface area is 152 Å². The van der Waals surface area contributed by atoms with Gasteiger partial charge in [-0.25, -0.2) is 0 Å². The molecule has 0 unspecified atom stereocenters. The molecular formula is C21H19ClN2O. The van der Waals surface area contributed by atoms with Crippen LogP contribution in [-0.2, 0) is 13.0 Å². The highest BCUT2D eigenvalue weighted by molar-refractivity contribution is 6.30. The lowest BCUT2D eigenvalue weighted by molar-refractivity contribution is 0.0744. The average Bonchev–Trinajstić information content (AvgIpc) is 2.66. The number of carbonyl (C=O) groups excluding carboxylic acids is 1. The fourth-order valence-corrected chi connectivity index (χ4v) is 2.85. The van der Waals surface area contributed by atoms with Crippen LogP contribution in [0.25, 0.3) is 0 Å². The Kier molecular flexibility index (Phi) is 5.81. The molecule has 25 heavy (non-hydrogen) atoms. The number of aromatic nitrogens is 1. The van der Waals surface area contributed by atoms with E-state index in [0.29, 0.717) is 30.1 Å². The second-order valence-corrected chi connectivity index (χ2v) is 6.23. The summed E-state index contributed by atoms with van der Waals surface area (Å²) in [7, 11) is 0. The molecule has 3 nitrogen and oxygen atoms in total. The first-order chi connectivity index (χ1) is 12.2. The summed E-state index contributed by atoms with van der Waals surface area (Å²) in [6.07, 6.45) is 2.48. The van der Waals surface area contributed by atoms with E-state index in [-0.39, 0.29) is 5.91 Å². The predicted octanol–water partition coefficient (Wildman–Crippen LogP) is 4.62. The van der Waals surface area contributed by atoms with Crippen LogP contribution in [0, 0.1) is 0 Å². The second kappa shape index (κ2) is 8.45. The maximum Gasteiger partial charge on any atom is 0.254 e. The number of amides is 1. The third kappa shape index (κ3) is 4.91. The fraction of sp³-hybridized carbons (Fsp3) is 0.143. The summed E-state index contributed by atoms with van der Waals surface area (Å²) >= 11 is 6.05. The van der Waals surface area contributed by atoms with Crippen molar-refractivity contribution in [2.75, 3.05) is 6.54 Å². The standard InChI is InChI=1S/C21H19ClN2O/c22-19-10-6-9-18(15-19)21(25)24(16-17-7-2-1-3-8-17)14-12-20-11-4-5-13-23-20/h1-11,13,15H,12,14,16H2. The largest absolute Gasteiger partial charge is 0.334 e. The van der Waals surface area contributed by atoms with Crippen LogP contribution in [0.4, 0.5) is 0 Å². The van der Waals surface area contributed by atoms with Gasteiger partial charge in [0, 0.05) is 42.0 Å². The number of hydrogen-bond acceptors (Lipinski definition) is 2. The molecule has 1 amide bonds. The van der Waals surface area contributed by atoms with Gasteiger partial charge in [-0.1, -0.05) is 54.1 Å². The third-order valence-electron chi connectivity index (χ3n) is 3.94. The number of nitrogens with zero attached hydrogens (tertiary/aromatic N) is 2. The lowest BCUT2D eigenvalue weighted by Crippen LogP contribution is -2.32. The molecule has 0 atom stereocenters. The van der Waals surface area contributed by atoms with Crippen LogP contribution in [0.3, 0.4) is 0 Å². The van der Waals surface area contributed by atoms with E-state index >= 15 is 0 Å². The summed E-state index contributed by atoms with van der Waals surface area (Å²) in [5, 5.41) is 0.565. The van der Waals surface area contributed by atoms with Crippen molar-refractivity contribution < 1.29 is 4.79 Å². The highest BCUT2D eigenvalue weighted by atomic mass is 35.5. The van der Waals surface area contributed by atoms with E-state index < -0.39 is 0 Å². The Morgan fingerprint density at radius 3 is 2.48 bits per heavy atom. The molecule has 126 valence electrons. The molecule has 3 rings (SSSR count). The van der Waals surface area contributed by atoms with Gasteiger partial charge >= 0.3 is 0 Å². The van der Waals surface area contributed by atoms with E-state index in [2.05, 4.69) is 4.98 Å². The van der Waals surface area contributed by atoms with Crippen LogP contribution in [0.1, 0.15) is 21.6 Å². The monoisotopic (exact) mass is 350 g/mol. The number of carbonyl (C=O) groups is 1. The number of pyridine rings is 1. The van der Waals surface area contributed by atoms with Crippen molar-refractivity contribution in [3.8, 4) is 0 Å². The van der Waals surface area contributed by atoms with Crippen molar-refractivity contribution >= 4 is 17.5 Å². The Bertz CT molecular complexity index is 822. The van der Waals surface area contributed by atoms with Crippen molar-refractivity contribution in [1.29, 1.82) is 0 Å². The van der Waals surface area contributed by atoms with Crippen LogP contribution >= 0.6 is 11.6 Å². The zero-order chi connectivity index (χ0) is 17.5. The Balaban J connectivity index is 1.79. The molecule has 0 fully saturated rings. The van der Waals surface area contributed by atoms with E-state index in [1.807, 2.05) is 53.4 Å². The molecule has 0 aliphatic heterocycles. The van der Waals surface area contributed by atoms with Gasteiger partial charge in [-0.15, -0.1) is 0 Å². The smallest absolute Gasteiger partial charge is 0.254 e. The van der Waals surface area contributed by atoms with Crippen LogP contribution < -0.4 is 0 Å². The molecular weight excluding hydrogens is 332 g/mol. The number of benzene rings is 2. The lowest BCUT2D eigenvalue weighted by atomic mass is 10.1. The molecule has 1 heterocycles. The quantitative estimate of drug-likeness (QED) is 0.650. The molecule has 0 saturated carbocycles. The molecule has 0 saturated heterocycles. The second-order valence-electron chi connectivity index (χ2n) is 5.79. The molecule has 0 aliphatic carbocycles. The summed E-state index contributed by atoms with van der Waals surface area (Å²) in [6, 6.07) is 22.9. The normalized spacial score (nSPS) is 10.4. The average molecular weight is 351 g/mol. The summed E-state index contributed by atoms with van der Waals surface area (Å²) < 4.78 is 0. The number of halogens is 1. The highest BCUT2D eigenvalue weighted by Gasteiger charge is 2.16. The first-order valence-electron chi connectivity index (χ1n) is 8.21. The van der Waals surface area contributed by atoms with E-state index in [1.165, 1.54) is 0 Å². The minimum absolute atomic E-state index is 0.0257. The minimum atomic E-state index is -0.0257. The highest BCUT2D eigenvalue weighted by Crippen LogP contribution is 2.15. The molecule has 0 N–H and O–H groups in total. The Morgan fingerprint density at radius 1 is 0.960 bits per heavy atom. The summed E-state index contributed by atoms with van der Waals surface area (Å²) in [4.78, 5) is 19.2. The van der Waals surface area contributed by atoms with Gasteiger partial charge in [0.25, 0.3) is 5.91 Å². The summed E-state index contributed by atoms with van der Waals surface area (Å²) in [5.74, 6) is -0.0257. The van der Waals surface area contributed by atoms with Crippen molar-refractivity contribution in [2.45, 2.75) is 13.0 Å². The maximum absolute atomic E-state index is 13.0. The molecule has 4 heteroatoms. The van der Waals surface area contributed by atoms with E-state index in [4.69, 9.17) is 11.6 Å². The van der Waals surface area contributed by atoms with Crippen molar-refractivity contribution in [3.63, 3.8) is 0 Å². The van der Waals surface area contributed by atoms with Gasteiger partial charge in [0.2, 0.25) is 0 Å². The van der Waals surface area contributed by atoms with E-state index in [0.717, 1.165) is 11.3 Å². The van der Waals surface area contributed by atoms with Crippen LogP contribution in [0.15, 0.2) is 79.0 Å². The van der Waals surface area contributed by atoms with Gasteiger partial charge in [-0.2, -0.15) is 0 Å². The maximum atomic E-state index is 13.0. The fourth-order valence-electron chi connectivity index (χ4n) is 2.66. The molecule has 0 aliphatic rings. The van der Waals surface area contributed by atoms with Gasteiger partial charge in [0.15, 0.2) is 0 Å². The van der Waals surface area contributed by atoms with E-state index in [1.54, 1.807) is 30.5 Å². The zero-order valence-electron chi connectivity index (χ0n) is 13.8. The van der Waals surface area contributed by atoms with Crippen molar-refractivity contribution in [3.05, 3.63) is 101 Å². The van der Waals surface area contributed by atoms with Gasteiger partial charge in [0.05, 0.1) is 0 Å². The zero-order valence-corrected chi connectivity index (χ0v) is 14.6. The molecule has 0 radical (unpaired) electrons. The summed E-state index contributed by atoms with van der Waals surface area (Å²) in [6.45, 7) is 1.15. The summed E-state index contributed by atoms with van der Waals surface area (Å²) in [5.41, 5.74) is 2.67. The van der Waals surface area contributed by atoms with Crippen LogP contribution in [0.5, 0.6) is 0 Å². The van der Waals surface area contributed by atoms with Crippen molar-refractivity contribution in [1.82, 2.24) is 9.88 Å². The van der Waals surface area contributed by atoms with Crippen LogP contribution in [0.2, 0.25) is 5.02 Å². The SMILES string of the molecule is O=C(c1cccc(Cl)c1)N(CCc1ccccn1)Cc1ccccc1.